The van der Waals surface area contributed by atoms with Gasteiger partial charge >= 0.3 is 0 Å². The number of rotatable bonds is 2. The molecule has 4 rings (SSSR count). The summed E-state index contributed by atoms with van der Waals surface area (Å²) in [6, 6.07) is 19.3. The summed E-state index contributed by atoms with van der Waals surface area (Å²) in [5.41, 5.74) is 2.70. The topological polar surface area (TPSA) is 38.9 Å². The molecule has 22 heavy (non-hydrogen) atoms. The highest BCUT2D eigenvalue weighted by Gasteiger charge is 2.13. The first-order chi connectivity index (χ1) is 10.8. The lowest BCUT2D eigenvalue weighted by Gasteiger charge is -2.08. The van der Waals surface area contributed by atoms with Crippen LogP contribution in [0.5, 0.6) is 0 Å². The fourth-order valence-corrected chi connectivity index (χ4v) is 2.60. The molecule has 0 aliphatic carbocycles. The summed E-state index contributed by atoms with van der Waals surface area (Å²) in [7, 11) is 0. The first-order valence-electron chi connectivity index (χ1n) is 6.88. The number of halogens is 1. The second kappa shape index (κ2) is 5.28. The average molecular weight is 307 g/mol. The maximum atomic E-state index is 6.14. The average Bonchev–Trinajstić information content (AvgIpc) is 3.09. The zero-order valence-corrected chi connectivity index (χ0v) is 12.3. The van der Waals surface area contributed by atoms with Gasteiger partial charge in [-0.15, -0.1) is 0 Å². The highest BCUT2D eigenvalue weighted by Crippen LogP contribution is 2.30. The zero-order valence-electron chi connectivity index (χ0n) is 11.5. The van der Waals surface area contributed by atoms with Crippen LogP contribution in [0.25, 0.3) is 33.7 Å². The minimum Gasteiger partial charge on any atom is -0.461 e. The Balaban J connectivity index is 2.05. The lowest BCUT2D eigenvalue weighted by atomic mass is 10.1. The van der Waals surface area contributed by atoms with E-state index in [1.807, 2.05) is 60.7 Å². The van der Waals surface area contributed by atoms with Gasteiger partial charge in [-0.1, -0.05) is 41.9 Å². The van der Waals surface area contributed by atoms with E-state index in [0.717, 1.165) is 22.2 Å². The van der Waals surface area contributed by atoms with Crippen molar-refractivity contribution >= 4 is 22.5 Å². The van der Waals surface area contributed by atoms with Crippen molar-refractivity contribution in [2.75, 3.05) is 0 Å². The fourth-order valence-electron chi connectivity index (χ4n) is 2.43. The zero-order chi connectivity index (χ0) is 14.9. The molecule has 0 amide bonds. The fraction of sp³-hybridized carbons (Fsp3) is 0. The third kappa shape index (κ3) is 2.26. The van der Waals surface area contributed by atoms with Crippen molar-refractivity contribution in [2.45, 2.75) is 0 Å². The van der Waals surface area contributed by atoms with Crippen molar-refractivity contribution in [1.29, 1.82) is 0 Å². The van der Waals surface area contributed by atoms with Gasteiger partial charge in [-0.2, -0.15) is 0 Å². The van der Waals surface area contributed by atoms with Crippen LogP contribution in [-0.2, 0) is 0 Å². The van der Waals surface area contributed by atoms with Crippen molar-refractivity contribution < 1.29 is 4.42 Å². The van der Waals surface area contributed by atoms with E-state index in [0.29, 0.717) is 16.6 Å². The molecule has 0 bridgehead atoms. The third-order valence-electron chi connectivity index (χ3n) is 3.45. The van der Waals surface area contributed by atoms with E-state index in [1.54, 1.807) is 6.26 Å². The van der Waals surface area contributed by atoms with Gasteiger partial charge in [0.2, 0.25) is 0 Å². The number of benzene rings is 2. The third-order valence-corrected chi connectivity index (χ3v) is 3.68. The summed E-state index contributed by atoms with van der Waals surface area (Å²) in [5.74, 6) is 1.22. The van der Waals surface area contributed by atoms with Gasteiger partial charge in [0.1, 0.15) is 0 Å². The van der Waals surface area contributed by atoms with Crippen LogP contribution < -0.4 is 0 Å². The molecule has 4 heteroatoms. The molecule has 2 heterocycles. The second-order valence-electron chi connectivity index (χ2n) is 4.90. The SMILES string of the molecule is Clc1ccc2nc(-c3ccco3)nc(-c3ccccc3)c2c1. The van der Waals surface area contributed by atoms with E-state index in [2.05, 4.69) is 4.98 Å². The Hall–Kier alpha value is -2.65. The molecule has 0 aliphatic rings. The van der Waals surface area contributed by atoms with Crippen molar-refractivity contribution in [3.63, 3.8) is 0 Å². The lowest BCUT2D eigenvalue weighted by molar-refractivity contribution is 0.577. The van der Waals surface area contributed by atoms with Gasteiger partial charge in [0, 0.05) is 16.0 Å². The first kappa shape index (κ1) is 13.0. The number of furan rings is 1. The predicted molar refractivity (Wildman–Crippen MR) is 87.7 cm³/mol. The van der Waals surface area contributed by atoms with Crippen molar-refractivity contribution in [3.05, 3.63) is 71.9 Å². The molecule has 0 atom stereocenters. The van der Waals surface area contributed by atoms with E-state index in [4.69, 9.17) is 21.0 Å². The smallest absolute Gasteiger partial charge is 0.196 e. The molecule has 0 saturated carbocycles. The number of hydrogen-bond acceptors (Lipinski definition) is 3. The van der Waals surface area contributed by atoms with Gasteiger partial charge in [-0.25, -0.2) is 9.97 Å². The van der Waals surface area contributed by atoms with Crippen molar-refractivity contribution in [3.8, 4) is 22.8 Å². The van der Waals surface area contributed by atoms with E-state index in [-0.39, 0.29) is 0 Å². The van der Waals surface area contributed by atoms with Crippen LogP contribution in [0.4, 0.5) is 0 Å². The molecule has 2 aromatic carbocycles. The van der Waals surface area contributed by atoms with Crippen LogP contribution in [0, 0.1) is 0 Å². The van der Waals surface area contributed by atoms with Gasteiger partial charge in [0.05, 0.1) is 17.5 Å². The summed E-state index contributed by atoms with van der Waals surface area (Å²) in [4.78, 5) is 9.27. The van der Waals surface area contributed by atoms with E-state index >= 15 is 0 Å². The number of fused-ring (bicyclic) bond motifs is 1. The molecule has 106 valence electrons. The standard InChI is InChI=1S/C18H11ClN2O/c19-13-8-9-15-14(11-13)17(12-5-2-1-3-6-12)21-18(20-15)16-7-4-10-22-16/h1-11H. The normalized spacial score (nSPS) is 11.0. The highest BCUT2D eigenvalue weighted by atomic mass is 35.5. The monoisotopic (exact) mass is 306 g/mol. The molecule has 0 radical (unpaired) electrons. The molecule has 2 aromatic heterocycles. The maximum absolute atomic E-state index is 6.14. The first-order valence-corrected chi connectivity index (χ1v) is 7.26. The molecule has 0 N–H and O–H groups in total. The molecule has 0 saturated heterocycles. The van der Waals surface area contributed by atoms with Crippen molar-refractivity contribution in [2.24, 2.45) is 0 Å². The summed E-state index contributed by atoms with van der Waals surface area (Å²) in [6.07, 6.45) is 1.62. The molecule has 4 aromatic rings. The lowest BCUT2D eigenvalue weighted by Crippen LogP contribution is -1.94. The Kier molecular flexibility index (Phi) is 3.13. The van der Waals surface area contributed by atoms with Gasteiger partial charge in [-0.3, -0.25) is 0 Å². The number of hydrogen-bond donors (Lipinski definition) is 0. The summed E-state index contributed by atoms with van der Waals surface area (Å²) in [6.45, 7) is 0. The predicted octanol–water partition coefficient (Wildman–Crippen LogP) is 5.21. The van der Waals surface area contributed by atoms with Crippen LogP contribution in [0.1, 0.15) is 0 Å². The van der Waals surface area contributed by atoms with Crippen LogP contribution in [0.15, 0.2) is 71.3 Å². The van der Waals surface area contributed by atoms with E-state index in [1.165, 1.54) is 0 Å². The Bertz CT molecular complexity index is 934. The molecule has 0 aliphatic heterocycles. The van der Waals surface area contributed by atoms with E-state index in [9.17, 15) is 0 Å². The Morgan fingerprint density at radius 3 is 2.50 bits per heavy atom. The number of aromatic nitrogens is 2. The van der Waals surface area contributed by atoms with Crippen LogP contribution in [-0.4, -0.2) is 9.97 Å². The molecule has 3 nitrogen and oxygen atoms in total. The maximum Gasteiger partial charge on any atom is 0.196 e. The van der Waals surface area contributed by atoms with Crippen LogP contribution >= 0.6 is 11.6 Å². The van der Waals surface area contributed by atoms with Gasteiger partial charge in [0.15, 0.2) is 11.6 Å². The minimum absolute atomic E-state index is 0.568. The van der Waals surface area contributed by atoms with Gasteiger partial charge < -0.3 is 4.42 Å². The highest BCUT2D eigenvalue weighted by molar-refractivity contribution is 6.31. The van der Waals surface area contributed by atoms with Gasteiger partial charge in [0.25, 0.3) is 0 Å². The van der Waals surface area contributed by atoms with Crippen molar-refractivity contribution in [1.82, 2.24) is 9.97 Å². The van der Waals surface area contributed by atoms with Crippen LogP contribution in [0.3, 0.4) is 0 Å². The van der Waals surface area contributed by atoms with E-state index < -0.39 is 0 Å². The second-order valence-corrected chi connectivity index (χ2v) is 5.34. The Labute approximate surface area is 132 Å². The minimum atomic E-state index is 0.568. The molecule has 0 spiro atoms. The molecule has 0 fully saturated rings. The molecule has 0 unspecified atom stereocenters. The quantitative estimate of drug-likeness (QED) is 0.510. The number of nitrogens with zero attached hydrogens (tertiary/aromatic N) is 2. The molecular formula is C18H11ClN2O. The summed E-state index contributed by atoms with van der Waals surface area (Å²) >= 11 is 6.14. The Morgan fingerprint density at radius 1 is 0.864 bits per heavy atom. The largest absolute Gasteiger partial charge is 0.461 e. The summed E-state index contributed by atoms with van der Waals surface area (Å²) < 4.78 is 5.43. The summed E-state index contributed by atoms with van der Waals surface area (Å²) in [5, 5.41) is 1.59. The molecular weight excluding hydrogens is 296 g/mol. The van der Waals surface area contributed by atoms with Crippen LogP contribution in [0.2, 0.25) is 5.02 Å². The Morgan fingerprint density at radius 2 is 1.73 bits per heavy atom. The van der Waals surface area contributed by atoms with Gasteiger partial charge in [-0.05, 0) is 30.3 Å².